The summed E-state index contributed by atoms with van der Waals surface area (Å²) in [5.74, 6) is -2.40. The average molecular weight is 387 g/mol. The molecule has 0 amide bonds. The number of rotatable bonds is 7. The Morgan fingerprint density at radius 1 is 1.11 bits per heavy atom. The lowest BCUT2D eigenvalue weighted by atomic mass is 9.99. The zero-order chi connectivity index (χ0) is 20.1. The van der Waals surface area contributed by atoms with Gasteiger partial charge in [-0.15, -0.1) is 0 Å². The first kappa shape index (κ1) is 20.5. The molecule has 12 nitrogen and oxygen atoms in total. The molecular formula is C15H17NO11. The zero-order valence-electron chi connectivity index (χ0n) is 13.7. The van der Waals surface area contributed by atoms with Crippen LogP contribution in [0.5, 0.6) is 5.75 Å². The summed E-state index contributed by atoms with van der Waals surface area (Å²) in [5.41, 5.74) is -0.189. The molecule has 4 N–H and O–H groups in total. The summed E-state index contributed by atoms with van der Waals surface area (Å²) in [6.45, 7) is -0.586. The highest BCUT2D eigenvalue weighted by Crippen LogP contribution is 2.26. The molecule has 1 aliphatic heterocycles. The van der Waals surface area contributed by atoms with Gasteiger partial charge in [0.15, 0.2) is 0 Å². The third kappa shape index (κ3) is 5.34. The summed E-state index contributed by atoms with van der Waals surface area (Å²) in [5, 5.41) is 48.9. The third-order valence-electron chi connectivity index (χ3n) is 3.67. The van der Waals surface area contributed by atoms with E-state index in [9.17, 15) is 35.0 Å². The highest BCUT2D eigenvalue weighted by molar-refractivity contribution is 5.90. The number of esters is 1. The maximum atomic E-state index is 11.3. The Balaban J connectivity index is 2.01. The van der Waals surface area contributed by atoms with Gasteiger partial charge in [-0.05, 0) is 12.1 Å². The Morgan fingerprint density at radius 3 is 2.30 bits per heavy atom. The van der Waals surface area contributed by atoms with Crippen LogP contribution in [-0.4, -0.2) is 74.6 Å². The number of non-ortho nitro benzene ring substituents is 1. The fourth-order valence-electron chi connectivity index (χ4n) is 2.28. The van der Waals surface area contributed by atoms with Crippen LogP contribution in [0.15, 0.2) is 24.3 Å². The second kappa shape index (κ2) is 8.73. The van der Waals surface area contributed by atoms with Crippen LogP contribution in [0.1, 0.15) is 6.42 Å². The molecule has 0 saturated carbocycles. The van der Waals surface area contributed by atoms with Gasteiger partial charge in [-0.1, -0.05) is 0 Å². The van der Waals surface area contributed by atoms with Crippen LogP contribution in [0.2, 0.25) is 0 Å². The van der Waals surface area contributed by atoms with Crippen LogP contribution in [0.4, 0.5) is 5.69 Å². The van der Waals surface area contributed by atoms with Gasteiger partial charge in [0.05, 0.1) is 4.92 Å². The molecule has 1 saturated heterocycles. The van der Waals surface area contributed by atoms with Gasteiger partial charge in [0.25, 0.3) is 5.69 Å². The Hall–Kier alpha value is -2.80. The van der Waals surface area contributed by atoms with E-state index in [1.54, 1.807) is 0 Å². The minimum atomic E-state index is -1.70. The van der Waals surface area contributed by atoms with Crippen LogP contribution in [0.25, 0.3) is 0 Å². The number of benzene rings is 1. The number of carbonyl (C=O) groups is 2. The Bertz CT molecular complexity index is 692. The molecule has 1 aliphatic rings. The molecule has 1 heterocycles. The van der Waals surface area contributed by atoms with Gasteiger partial charge in [-0.3, -0.25) is 19.7 Å². The lowest BCUT2D eigenvalue weighted by Gasteiger charge is -2.39. The van der Waals surface area contributed by atoms with Gasteiger partial charge in [0.1, 0.15) is 43.2 Å². The van der Waals surface area contributed by atoms with Crippen molar-refractivity contribution in [3.8, 4) is 5.75 Å². The van der Waals surface area contributed by atoms with Gasteiger partial charge in [-0.25, -0.2) is 0 Å². The minimum absolute atomic E-state index is 0.0786. The van der Waals surface area contributed by atoms with Crippen LogP contribution >= 0.6 is 0 Å². The van der Waals surface area contributed by atoms with E-state index >= 15 is 0 Å². The van der Waals surface area contributed by atoms with E-state index in [0.717, 1.165) is 12.1 Å². The van der Waals surface area contributed by atoms with Gasteiger partial charge >= 0.3 is 11.9 Å². The van der Waals surface area contributed by atoms with Crippen molar-refractivity contribution in [1.29, 1.82) is 0 Å². The van der Waals surface area contributed by atoms with Crippen LogP contribution < -0.4 is 4.74 Å². The summed E-state index contributed by atoms with van der Waals surface area (Å²) in [6.07, 6.45) is -8.67. The van der Waals surface area contributed by atoms with E-state index in [1.807, 2.05) is 0 Å². The molecule has 148 valence electrons. The molecule has 5 atom stereocenters. The summed E-state index contributed by atoms with van der Waals surface area (Å²) in [4.78, 5) is 31.7. The van der Waals surface area contributed by atoms with Crippen molar-refractivity contribution in [2.45, 2.75) is 37.1 Å². The monoisotopic (exact) mass is 387 g/mol. The maximum Gasteiger partial charge on any atom is 0.317 e. The van der Waals surface area contributed by atoms with Crippen molar-refractivity contribution in [2.75, 3.05) is 6.61 Å². The topological polar surface area (TPSA) is 186 Å². The first-order chi connectivity index (χ1) is 12.7. The van der Waals surface area contributed by atoms with E-state index in [1.165, 1.54) is 12.1 Å². The number of nitro benzene ring substituents is 1. The molecule has 0 aliphatic carbocycles. The van der Waals surface area contributed by atoms with E-state index in [2.05, 4.69) is 4.74 Å². The van der Waals surface area contributed by atoms with Crippen molar-refractivity contribution in [3.05, 3.63) is 34.4 Å². The Morgan fingerprint density at radius 2 is 1.74 bits per heavy atom. The number of ether oxygens (including phenoxy) is 3. The third-order valence-corrected chi connectivity index (χ3v) is 3.67. The number of carbonyl (C=O) groups excluding carboxylic acids is 1. The number of aliphatic hydroxyl groups excluding tert-OH is 3. The lowest BCUT2D eigenvalue weighted by Crippen LogP contribution is -2.60. The number of carboxylic acid groups (broad SMARTS) is 1. The molecule has 0 aromatic heterocycles. The summed E-state index contributed by atoms with van der Waals surface area (Å²) in [6, 6.07) is 4.79. The molecule has 1 aromatic carbocycles. The second-order valence-electron chi connectivity index (χ2n) is 5.64. The van der Waals surface area contributed by atoms with Gasteiger partial charge in [0.2, 0.25) is 6.29 Å². The number of carboxylic acids is 1. The first-order valence-electron chi connectivity index (χ1n) is 7.67. The second-order valence-corrected chi connectivity index (χ2v) is 5.64. The quantitative estimate of drug-likeness (QED) is 0.190. The summed E-state index contributed by atoms with van der Waals surface area (Å²) in [7, 11) is 0. The first-order valence-corrected chi connectivity index (χ1v) is 7.67. The summed E-state index contributed by atoms with van der Waals surface area (Å²) >= 11 is 0. The van der Waals surface area contributed by atoms with Crippen molar-refractivity contribution in [2.24, 2.45) is 0 Å². The molecule has 27 heavy (non-hydrogen) atoms. The van der Waals surface area contributed by atoms with E-state index in [-0.39, 0.29) is 11.4 Å². The zero-order valence-corrected chi connectivity index (χ0v) is 13.7. The highest BCUT2D eigenvalue weighted by Gasteiger charge is 2.45. The van der Waals surface area contributed by atoms with Gasteiger partial charge < -0.3 is 34.6 Å². The number of aliphatic hydroxyl groups is 3. The van der Waals surface area contributed by atoms with Crippen molar-refractivity contribution < 1.29 is 49.1 Å². The lowest BCUT2D eigenvalue weighted by molar-refractivity contribution is -0.384. The average Bonchev–Trinajstić information content (AvgIpc) is 2.61. The van der Waals surface area contributed by atoms with Crippen LogP contribution in [0.3, 0.4) is 0 Å². The minimum Gasteiger partial charge on any atom is -0.481 e. The van der Waals surface area contributed by atoms with E-state index < -0.39 is 60.6 Å². The predicted octanol–water partition coefficient (Wildman–Crippen LogP) is -1.20. The normalized spacial score (nSPS) is 27.6. The van der Waals surface area contributed by atoms with Gasteiger partial charge in [0, 0.05) is 12.1 Å². The fraction of sp³-hybridized carbons (Fsp3) is 0.467. The number of hydrogen-bond acceptors (Lipinski definition) is 10. The Kier molecular flexibility index (Phi) is 6.63. The van der Waals surface area contributed by atoms with Crippen molar-refractivity contribution >= 4 is 17.6 Å². The highest BCUT2D eigenvalue weighted by atomic mass is 16.7. The number of aliphatic carboxylic acids is 1. The van der Waals surface area contributed by atoms with E-state index in [0.29, 0.717) is 0 Å². The molecule has 0 radical (unpaired) electrons. The molecule has 12 heteroatoms. The largest absolute Gasteiger partial charge is 0.481 e. The van der Waals surface area contributed by atoms with Crippen molar-refractivity contribution in [1.82, 2.24) is 0 Å². The molecule has 1 fully saturated rings. The number of nitrogens with zero attached hydrogens (tertiary/aromatic N) is 1. The number of nitro groups is 1. The van der Waals surface area contributed by atoms with Gasteiger partial charge in [-0.2, -0.15) is 0 Å². The molecule has 0 bridgehead atoms. The maximum absolute atomic E-state index is 11.3. The molecule has 2 rings (SSSR count). The molecule has 0 unspecified atom stereocenters. The predicted molar refractivity (Wildman–Crippen MR) is 83.6 cm³/mol. The number of hydrogen-bond donors (Lipinski definition) is 4. The SMILES string of the molecule is O=C(O)CC(=O)OC[C@H]1O[C@H](Oc2ccc([N+](=O)[O-])cc2)[C@@H](O)[C@@H](O)[C@@H]1O. The van der Waals surface area contributed by atoms with Crippen LogP contribution in [-0.2, 0) is 19.1 Å². The molecule has 1 aromatic rings. The smallest absolute Gasteiger partial charge is 0.317 e. The van der Waals surface area contributed by atoms with Crippen molar-refractivity contribution in [3.63, 3.8) is 0 Å². The Labute approximate surface area is 151 Å². The van der Waals surface area contributed by atoms with E-state index in [4.69, 9.17) is 14.6 Å². The van der Waals surface area contributed by atoms with Crippen LogP contribution in [0, 0.1) is 10.1 Å². The standard InChI is InChI=1S/C15H17NO11/c17-10(18)5-11(19)25-6-9-12(20)13(21)14(22)15(27-9)26-8-3-1-7(2-4-8)16(23)24/h1-4,9,12-15,20-22H,5-6H2,(H,17,18)/t9-,12-,13+,14+,15+/m1/s1. The molecule has 0 spiro atoms. The summed E-state index contributed by atoms with van der Waals surface area (Å²) < 4.78 is 15.3. The fourth-order valence-corrected chi connectivity index (χ4v) is 2.28. The molecular weight excluding hydrogens is 370 g/mol.